The minimum Gasteiger partial charge on any atom is -0.487 e. The number of nitrogens with two attached hydrogens (primary N) is 1. The van der Waals surface area contributed by atoms with Crippen LogP contribution in [0.25, 0.3) is 0 Å². The van der Waals surface area contributed by atoms with Gasteiger partial charge in [0.15, 0.2) is 0 Å². The van der Waals surface area contributed by atoms with Crippen LogP contribution in [0, 0.1) is 6.92 Å². The smallest absolute Gasteiger partial charge is 0.267 e. The molecule has 5 heteroatoms. The van der Waals surface area contributed by atoms with Gasteiger partial charge < -0.3 is 15.8 Å². The normalized spacial score (nSPS) is 19.7. The topological polar surface area (TPSA) is 77.2 Å². The Morgan fingerprint density at radius 2 is 2.50 bits per heavy atom. The van der Waals surface area contributed by atoms with E-state index in [-0.39, 0.29) is 6.10 Å². The summed E-state index contributed by atoms with van der Waals surface area (Å²) in [6.07, 6.45) is 2.74. The van der Waals surface area contributed by atoms with Crippen LogP contribution in [0.15, 0.2) is 12.3 Å². The Hall–Kier alpha value is -1.62. The van der Waals surface area contributed by atoms with Crippen molar-refractivity contribution < 1.29 is 9.53 Å². The summed E-state index contributed by atoms with van der Waals surface area (Å²) in [5.74, 6) is 0.183. The first kappa shape index (κ1) is 10.9. The Morgan fingerprint density at radius 1 is 1.69 bits per heavy atom. The number of carbonyl (C=O) groups excluding carboxylic acids is 1. The summed E-state index contributed by atoms with van der Waals surface area (Å²) in [5, 5.41) is 3.22. The van der Waals surface area contributed by atoms with E-state index in [9.17, 15) is 4.79 Å². The standard InChI is InChI=1S/C11H15N3O2/c1-7-4-9(6-14-10(7)11(12)15)16-8-2-3-13-5-8/h4,6,8,13H,2-3,5H2,1H3,(H2,12,15). The zero-order valence-electron chi connectivity index (χ0n) is 9.19. The molecular weight excluding hydrogens is 206 g/mol. The van der Waals surface area contributed by atoms with E-state index in [1.54, 1.807) is 19.2 Å². The zero-order chi connectivity index (χ0) is 11.5. The minimum atomic E-state index is -0.508. The predicted octanol–water partition coefficient (Wildman–Crippen LogP) is 0.230. The molecule has 1 atom stereocenters. The fourth-order valence-corrected chi connectivity index (χ4v) is 1.79. The van der Waals surface area contributed by atoms with E-state index in [0.717, 1.165) is 25.1 Å². The first-order valence-corrected chi connectivity index (χ1v) is 5.30. The van der Waals surface area contributed by atoms with Crippen molar-refractivity contribution in [1.29, 1.82) is 0 Å². The summed E-state index contributed by atoms with van der Waals surface area (Å²) in [7, 11) is 0. The molecule has 2 heterocycles. The van der Waals surface area contributed by atoms with Crippen molar-refractivity contribution in [3.63, 3.8) is 0 Å². The summed E-state index contributed by atoms with van der Waals surface area (Å²) in [6, 6.07) is 1.80. The van der Waals surface area contributed by atoms with Crippen LogP contribution < -0.4 is 15.8 Å². The Labute approximate surface area is 94.0 Å². The highest BCUT2D eigenvalue weighted by Crippen LogP contribution is 2.17. The number of carbonyl (C=O) groups is 1. The Balaban J connectivity index is 2.11. The number of hydrogen-bond donors (Lipinski definition) is 2. The third-order valence-electron chi connectivity index (χ3n) is 2.60. The summed E-state index contributed by atoms with van der Waals surface area (Å²) in [6.45, 7) is 3.64. The molecule has 5 nitrogen and oxygen atoms in total. The van der Waals surface area contributed by atoms with Crippen molar-refractivity contribution in [3.05, 3.63) is 23.5 Å². The number of nitrogens with zero attached hydrogens (tertiary/aromatic N) is 1. The van der Waals surface area contributed by atoms with Crippen molar-refractivity contribution in [2.75, 3.05) is 13.1 Å². The van der Waals surface area contributed by atoms with Crippen LogP contribution in [0.5, 0.6) is 5.75 Å². The first-order valence-electron chi connectivity index (χ1n) is 5.30. The van der Waals surface area contributed by atoms with Crippen molar-refractivity contribution in [1.82, 2.24) is 10.3 Å². The molecule has 1 aromatic rings. The number of pyridine rings is 1. The Morgan fingerprint density at radius 3 is 3.06 bits per heavy atom. The van der Waals surface area contributed by atoms with Gasteiger partial charge in [0.25, 0.3) is 5.91 Å². The number of nitrogens with one attached hydrogen (secondary N) is 1. The number of primary amides is 1. The van der Waals surface area contributed by atoms with E-state index in [1.165, 1.54) is 0 Å². The lowest BCUT2D eigenvalue weighted by Crippen LogP contribution is -2.20. The number of hydrogen-bond acceptors (Lipinski definition) is 4. The van der Waals surface area contributed by atoms with Crippen LogP contribution >= 0.6 is 0 Å². The van der Waals surface area contributed by atoms with Gasteiger partial charge in [0.2, 0.25) is 0 Å². The molecule has 2 rings (SSSR count). The van der Waals surface area contributed by atoms with Gasteiger partial charge >= 0.3 is 0 Å². The van der Waals surface area contributed by atoms with Gasteiger partial charge in [-0.15, -0.1) is 0 Å². The van der Waals surface area contributed by atoms with E-state index >= 15 is 0 Å². The summed E-state index contributed by atoms with van der Waals surface area (Å²) in [5.41, 5.74) is 6.22. The second-order valence-electron chi connectivity index (χ2n) is 3.93. The van der Waals surface area contributed by atoms with E-state index < -0.39 is 5.91 Å². The molecular formula is C11H15N3O2. The number of aryl methyl sites for hydroxylation is 1. The van der Waals surface area contributed by atoms with Crippen LogP contribution in [0.1, 0.15) is 22.5 Å². The molecule has 0 radical (unpaired) electrons. The average molecular weight is 221 g/mol. The maximum atomic E-state index is 11.0. The lowest BCUT2D eigenvalue weighted by Gasteiger charge is -2.13. The second-order valence-corrected chi connectivity index (χ2v) is 3.93. The maximum absolute atomic E-state index is 11.0. The SMILES string of the molecule is Cc1cc(OC2CCNC2)cnc1C(N)=O. The predicted molar refractivity (Wildman–Crippen MR) is 59.4 cm³/mol. The van der Waals surface area contributed by atoms with Gasteiger partial charge in [-0.1, -0.05) is 0 Å². The average Bonchev–Trinajstić information content (AvgIpc) is 2.70. The van der Waals surface area contributed by atoms with Gasteiger partial charge in [0.1, 0.15) is 17.5 Å². The molecule has 86 valence electrons. The zero-order valence-corrected chi connectivity index (χ0v) is 9.19. The highest BCUT2D eigenvalue weighted by molar-refractivity contribution is 5.92. The molecule has 0 aromatic carbocycles. The minimum absolute atomic E-state index is 0.195. The number of rotatable bonds is 3. The molecule has 0 bridgehead atoms. The number of amides is 1. The van der Waals surface area contributed by atoms with Crippen LogP contribution in [-0.4, -0.2) is 30.1 Å². The third kappa shape index (κ3) is 2.30. The van der Waals surface area contributed by atoms with Gasteiger partial charge in [0.05, 0.1) is 6.20 Å². The van der Waals surface area contributed by atoms with Crippen LogP contribution in [-0.2, 0) is 0 Å². The molecule has 1 unspecified atom stereocenters. The van der Waals surface area contributed by atoms with Gasteiger partial charge in [0, 0.05) is 6.54 Å². The number of aromatic nitrogens is 1. The van der Waals surface area contributed by atoms with Gasteiger partial charge in [-0.3, -0.25) is 4.79 Å². The fraction of sp³-hybridized carbons (Fsp3) is 0.455. The summed E-state index contributed by atoms with van der Waals surface area (Å²) >= 11 is 0. The highest BCUT2D eigenvalue weighted by Gasteiger charge is 2.16. The molecule has 1 amide bonds. The van der Waals surface area contributed by atoms with Crippen LogP contribution in [0.3, 0.4) is 0 Å². The highest BCUT2D eigenvalue weighted by atomic mass is 16.5. The van der Waals surface area contributed by atoms with Gasteiger partial charge in [-0.05, 0) is 31.5 Å². The van der Waals surface area contributed by atoms with Gasteiger partial charge in [-0.2, -0.15) is 0 Å². The van der Waals surface area contributed by atoms with Crippen molar-refractivity contribution in [3.8, 4) is 5.75 Å². The van der Waals surface area contributed by atoms with E-state index in [0.29, 0.717) is 11.4 Å². The second kappa shape index (κ2) is 4.49. The van der Waals surface area contributed by atoms with Crippen molar-refractivity contribution in [2.45, 2.75) is 19.4 Å². The molecule has 1 aliphatic heterocycles. The van der Waals surface area contributed by atoms with Gasteiger partial charge in [-0.25, -0.2) is 4.98 Å². The van der Waals surface area contributed by atoms with Crippen LogP contribution in [0.4, 0.5) is 0 Å². The lowest BCUT2D eigenvalue weighted by molar-refractivity contribution is 0.0995. The molecule has 0 aliphatic carbocycles. The van der Waals surface area contributed by atoms with Crippen molar-refractivity contribution >= 4 is 5.91 Å². The lowest BCUT2D eigenvalue weighted by atomic mass is 10.2. The molecule has 3 N–H and O–H groups in total. The molecule has 0 saturated carbocycles. The van der Waals surface area contributed by atoms with E-state index in [1.807, 2.05) is 0 Å². The monoisotopic (exact) mass is 221 g/mol. The quantitative estimate of drug-likeness (QED) is 0.766. The first-order chi connectivity index (χ1) is 7.66. The fourth-order valence-electron chi connectivity index (χ4n) is 1.79. The van der Waals surface area contributed by atoms with Crippen LogP contribution in [0.2, 0.25) is 0 Å². The molecule has 1 aliphatic rings. The third-order valence-corrected chi connectivity index (χ3v) is 2.60. The Bertz CT molecular complexity index is 400. The molecule has 1 fully saturated rings. The maximum Gasteiger partial charge on any atom is 0.267 e. The molecule has 16 heavy (non-hydrogen) atoms. The summed E-state index contributed by atoms with van der Waals surface area (Å²) in [4.78, 5) is 15.0. The molecule has 1 aromatic heterocycles. The molecule has 0 spiro atoms. The Kier molecular flexibility index (Phi) is 3.05. The molecule has 1 saturated heterocycles. The number of ether oxygens (including phenoxy) is 1. The summed E-state index contributed by atoms with van der Waals surface area (Å²) < 4.78 is 5.71. The van der Waals surface area contributed by atoms with E-state index in [4.69, 9.17) is 10.5 Å². The largest absolute Gasteiger partial charge is 0.487 e. The van der Waals surface area contributed by atoms with E-state index in [2.05, 4.69) is 10.3 Å². The van der Waals surface area contributed by atoms with Crippen molar-refractivity contribution in [2.24, 2.45) is 5.73 Å².